The lowest BCUT2D eigenvalue weighted by Gasteiger charge is -2.29. The quantitative estimate of drug-likeness (QED) is 0.803. The molecule has 1 atom stereocenters. The largest absolute Gasteiger partial charge is 0.478 e. The summed E-state index contributed by atoms with van der Waals surface area (Å²) in [6.45, 7) is 0. The summed E-state index contributed by atoms with van der Waals surface area (Å²) in [6.07, 6.45) is 6.01. The Balaban J connectivity index is 2.00. The van der Waals surface area contributed by atoms with E-state index in [1.165, 1.54) is 6.07 Å². The number of allylic oxidation sites excluding steroid dienone is 1. The maximum Gasteiger partial charge on any atom is 0.339 e. The first-order valence-corrected chi connectivity index (χ1v) is 7.53. The normalized spacial score (nSPS) is 19.6. The molecule has 2 aromatic carbocycles. The Hall–Kier alpha value is -3.05. The second-order valence-corrected chi connectivity index (χ2v) is 5.68. The van der Waals surface area contributed by atoms with Crippen LogP contribution in [0.25, 0.3) is 0 Å². The van der Waals surface area contributed by atoms with Crippen LogP contribution in [-0.4, -0.2) is 11.1 Å². The molecular formula is C19H18N2O3. The molecule has 122 valence electrons. The average Bonchev–Trinajstić information content (AvgIpc) is 2.58. The fraction of sp³-hybridized carbons (Fsp3) is 0.105. The molecule has 2 aromatic rings. The highest BCUT2D eigenvalue weighted by atomic mass is 16.5. The van der Waals surface area contributed by atoms with Gasteiger partial charge in [0.1, 0.15) is 17.1 Å². The van der Waals surface area contributed by atoms with Crippen molar-refractivity contribution in [2.75, 3.05) is 0 Å². The van der Waals surface area contributed by atoms with Gasteiger partial charge in [-0.05, 0) is 30.7 Å². The van der Waals surface area contributed by atoms with Gasteiger partial charge in [-0.2, -0.15) is 0 Å². The van der Waals surface area contributed by atoms with Gasteiger partial charge in [-0.1, -0.05) is 42.5 Å². The van der Waals surface area contributed by atoms with Crippen molar-refractivity contribution in [2.45, 2.75) is 12.0 Å². The van der Waals surface area contributed by atoms with E-state index in [9.17, 15) is 9.90 Å². The van der Waals surface area contributed by atoms with E-state index in [1.54, 1.807) is 30.3 Å². The maximum absolute atomic E-state index is 11.4. The van der Waals surface area contributed by atoms with Crippen LogP contribution in [0.1, 0.15) is 22.3 Å². The Morgan fingerprint density at radius 2 is 1.75 bits per heavy atom. The number of benzene rings is 2. The highest BCUT2D eigenvalue weighted by molar-refractivity contribution is 5.90. The molecular weight excluding hydrogens is 304 g/mol. The highest BCUT2D eigenvalue weighted by Crippen LogP contribution is 2.37. The number of rotatable bonds is 4. The van der Waals surface area contributed by atoms with Crippen molar-refractivity contribution in [2.24, 2.45) is 11.5 Å². The standard InChI is InChI=1S/C19H18N2O3/c20-13-9-11-19(21,12-10-13)15-6-2-4-8-17(15)24-16-7-3-1-5-14(16)18(22)23/h1-11H,12,20-21H2,(H,22,23). The van der Waals surface area contributed by atoms with Crippen molar-refractivity contribution in [1.29, 1.82) is 0 Å². The SMILES string of the molecule is NC1=CCC(N)(c2ccccc2Oc2ccccc2C(=O)O)C=C1. The van der Waals surface area contributed by atoms with Crippen molar-refractivity contribution in [3.8, 4) is 11.5 Å². The summed E-state index contributed by atoms with van der Waals surface area (Å²) in [5.41, 5.74) is 13.1. The molecule has 24 heavy (non-hydrogen) atoms. The zero-order valence-corrected chi connectivity index (χ0v) is 13.0. The molecule has 0 bridgehead atoms. The molecule has 0 fully saturated rings. The van der Waals surface area contributed by atoms with E-state index < -0.39 is 11.5 Å². The average molecular weight is 322 g/mol. The fourth-order valence-electron chi connectivity index (χ4n) is 2.66. The Morgan fingerprint density at radius 3 is 2.42 bits per heavy atom. The van der Waals surface area contributed by atoms with Crippen LogP contribution >= 0.6 is 0 Å². The predicted molar refractivity (Wildman–Crippen MR) is 91.8 cm³/mol. The van der Waals surface area contributed by atoms with Crippen LogP contribution in [0.5, 0.6) is 11.5 Å². The van der Waals surface area contributed by atoms with Crippen molar-refractivity contribution < 1.29 is 14.6 Å². The molecule has 1 unspecified atom stereocenters. The summed E-state index contributed by atoms with van der Waals surface area (Å²) in [6, 6.07) is 13.9. The number of ether oxygens (including phenoxy) is 1. The molecule has 1 aliphatic carbocycles. The molecule has 0 heterocycles. The van der Waals surface area contributed by atoms with Gasteiger partial charge >= 0.3 is 5.97 Å². The summed E-state index contributed by atoms with van der Waals surface area (Å²) in [4.78, 5) is 11.4. The van der Waals surface area contributed by atoms with Crippen LogP contribution in [0.15, 0.2) is 72.5 Å². The molecule has 0 amide bonds. The van der Waals surface area contributed by atoms with Crippen LogP contribution in [0.3, 0.4) is 0 Å². The van der Waals surface area contributed by atoms with Gasteiger partial charge in [0.15, 0.2) is 0 Å². The lowest BCUT2D eigenvalue weighted by Crippen LogP contribution is -2.36. The summed E-state index contributed by atoms with van der Waals surface area (Å²) in [5, 5.41) is 9.30. The summed E-state index contributed by atoms with van der Waals surface area (Å²) in [7, 11) is 0. The molecule has 0 radical (unpaired) electrons. The van der Waals surface area contributed by atoms with Crippen LogP contribution in [0.4, 0.5) is 0 Å². The van der Waals surface area contributed by atoms with Crippen molar-refractivity contribution in [1.82, 2.24) is 0 Å². The van der Waals surface area contributed by atoms with E-state index in [2.05, 4.69) is 0 Å². The van der Waals surface area contributed by atoms with Gasteiger partial charge in [0, 0.05) is 11.3 Å². The monoisotopic (exact) mass is 322 g/mol. The number of para-hydroxylation sites is 2. The van der Waals surface area contributed by atoms with Crippen molar-refractivity contribution >= 4 is 5.97 Å². The molecule has 0 saturated heterocycles. The number of carboxylic acids is 1. The Kier molecular flexibility index (Phi) is 4.10. The van der Waals surface area contributed by atoms with Crippen molar-refractivity contribution in [3.63, 3.8) is 0 Å². The Labute approximate surface area is 139 Å². The molecule has 5 nitrogen and oxygen atoms in total. The smallest absolute Gasteiger partial charge is 0.339 e. The Morgan fingerprint density at radius 1 is 1.08 bits per heavy atom. The maximum atomic E-state index is 11.4. The van der Waals surface area contributed by atoms with E-state index in [0.29, 0.717) is 17.9 Å². The van der Waals surface area contributed by atoms with Gasteiger partial charge < -0.3 is 21.3 Å². The van der Waals surface area contributed by atoms with Crippen molar-refractivity contribution in [3.05, 3.63) is 83.6 Å². The molecule has 3 rings (SSSR count). The van der Waals surface area contributed by atoms with Crippen LogP contribution in [0.2, 0.25) is 0 Å². The molecule has 5 heteroatoms. The summed E-state index contributed by atoms with van der Waals surface area (Å²) < 4.78 is 5.90. The number of hydrogen-bond donors (Lipinski definition) is 3. The number of carboxylic acid groups (broad SMARTS) is 1. The molecule has 1 aliphatic rings. The third kappa shape index (κ3) is 3.02. The van der Waals surface area contributed by atoms with Gasteiger partial charge in [-0.25, -0.2) is 4.79 Å². The molecule has 0 aliphatic heterocycles. The number of carbonyl (C=O) groups is 1. The van der Waals surface area contributed by atoms with E-state index >= 15 is 0 Å². The van der Waals surface area contributed by atoms with E-state index in [4.69, 9.17) is 16.2 Å². The second kappa shape index (κ2) is 6.22. The number of aromatic carboxylic acids is 1. The van der Waals surface area contributed by atoms with E-state index in [0.717, 1.165) is 5.56 Å². The van der Waals surface area contributed by atoms with Crippen LogP contribution in [0, 0.1) is 0 Å². The van der Waals surface area contributed by atoms with Gasteiger partial charge in [-0.15, -0.1) is 0 Å². The number of hydrogen-bond acceptors (Lipinski definition) is 4. The molecule has 5 N–H and O–H groups in total. The Bertz CT molecular complexity index is 842. The topological polar surface area (TPSA) is 98.6 Å². The summed E-state index contributed by atoms with van der Waals surface area (Å²) in [5.74, 6) is -0.248. The predicted octanol–water partition coefficient (Wildman–Crippen LogP) is 3.13. The lowest BCUT2D eigenvalue weighted by molar-refractivity contribution is 0.0694. The van der Waals surface area contributed by atoms with E-state index in [1.807, 2.05) is 30.4 Å². The van der Waals surface area contributed by atoms with Crippen LogP contribution < -0.4 is 16.2 Å². The highest BCUT2D eigenvalue weighted by Gasteiger charge is 2.29. The van der Waals surface area contributed by atoms with Gasteiger partial charge in [-0.3, -0.25) is 0 Å². The second-order valence-electron chi connectivity index (χ2n) is 5.68. The summed E-state index contributed by atoms with van der Waals surface area (Å²) >= 11 is 0. The first-order valence-electron chi connectivity index (χ1n) is 7.53. The first-order chi connectivity index (χ1) is 11.5. The lowest BCUT2D eigenvalue weighted by atomic mass is 9.84. The third-order valence-corrected chi connectivity index (χ3v) is 3.97. The number of nitrogens with two attached hydrogens (primary N) is 2. The zero-order chi connectivity index (χ0) is 17.2. The molecule has 0 spiro atoms. The first kappa shape index (κ1) is 15.8. The molecule has 0 saturated carbocycles. The van der Waals surface area contributed by atoms with Gasteiger partial charge in [0.05, 0.1) is 5.54 Å². The minimum atomic E-state index is -1.04. The third-order valence-electron chi connectivity index (χ3n) is 3.97. The van der Waals surface area contributed by atoms with E-state index in [-0.39, 0.29) is 11.3 Å². The fourth-order valence-corrected chi connectivity index (χ4v) is 2.66. The van der Waals surface area contributed by atoms with Gasteiger partial charge in [0.25, 0.3) is 0 Å². The van der Waals surface area contributed by atoms with Gasteiger partial charge in [0.2, 0.25) is 0 Å². The minimum Gasteiger partial charge on any atom is -0.478 e. The zero-order valence-electron chi connectivity index (χ0n) is 13.0. The minimum absolute atomic E-state index is 0.0988. The van der Waals surface area contributed by atoms with Crippen LogP contribution in [-0.2, 0) is 5.54 Å². The molecule has 0 aromatic heterocycles.